The van der Waals surface area contributed by atoms with Crippen molar-refractivity contribution in [3.05, 3.63) is 46.3 Å². The number of hydrogen-bond acceptors (Lipinski definition) is 3. The van der Waals surface area contributed by atoms with Gasteiger partial charge in [-0.3, -0.25) is 0 Å². The van der Waals surface area contributed by atoms with Crippen molar-refractivity contribution in [2.45, 2.75) is 5.38 Å². The molecule has 0 N–H and O–H groups in total. The molecule has 1 aromatic carbocycles. The molecule has 0 bridgehead atoms. The van der Waals surface area contributed by atoms with Crippen LogP contribution < -0.4 is 9.47 Å². The first-order valence-electron chi connectivity index (χ1n) is 5.26. The summed E-state index contributed by atoms with van der Waals surface area (Å²) in [5.74, 6) is 1.44. The largest absolute Gasteiger partial charge is 0.497 e. The van der Waals surface area contributed by atoms with E-state index < -0.39 is 0 Å². The third-order valence-corrected chi connectivity index (χ3v) is 3.74. The highest BCUT2D eigenvalue weighted by molar-refractivity contribution is 9.10. The number of halogens is 2. The van der Waals surface area contributed by atoms with Gasteiger partial charge in [0.1, 0.15) is 11.5 Å². The Hall–Kier alpha value is -1.13. The Morgan fingerprint density at radius 3 is 2.50 bits per heavy atom. The second-order valence-electron chi connectivity index (χ2n) is 3.62. The van der Waals surface area contributed by atoms with Crippen molar-refractivity contribution in [2.75, 3.05) is 14.2 Å². The predicted octanol–water partition coefficient (Wildman–Crippen LogP) is 4.39. The number of hydrogen-bond donors (Lipinski definition) is 0. The van der Waals surface area contributed by atoms with Crippen molar-refractivity contribution in [1.82, 2.24) is 0 Å². The summed E-state index contributed by atoms with van der Waals surface area (Å²) in [6.45, 7) is 0. The van der Waals surface area contributed by atoms with E-state index in [-0.39, 0.29) is 5.38 Å². The third-order valence-electron chi connectivity index (χ3n) is 2.63. The van der Waals surface area contributed by atoms with E-state index in [1.54, 1.807) is 20.5 Å². The lowest BCUT2D eigenvalue weighted by molar-refractivity contribution is 0.399. The predicted molar refractivity (Wildman–Crippen MR) is 73.7 cm³/mol. The normalized spacial score (nSPS) is 12.2. The summed E-state index contributed by atoms with van der Waals surface area (Å²) in [7, 11) is 3.22. The maximum Gasteiger partial charge on any atom is 0.173 e. The van der Waals surface area contributed by atoms with Gasteiger partial charge in [0.15, 0.2) is 4.67 Å². The zero-order valence-electron chi connectivity index (χ0n) is 9.94. The Morgan fingerprint density at radius 2 is 1.94 bits per heavy atom. The van der Waals surface area contributed by atoms with E-state index in [2.05, 4.69) is 15.9 Å². The zero-order valence-corrected chi connectivity index (χ0v) is 12.3. The summed E-state index contributed by atoms with van der Waals surface area (Å²) in [6.07, 6.45) is 1.58. The summed E-state index contributed by atoms with van der Waals surface area (Å²) in [4.78, 5) is 0. The fourth-order valence-electron chi connectivity index (χ4n) is 1.69. The van der Waals surface area contributed by atoms with Crippen molar-refractivity contribution < 1.29 is 13.9 Å². The van der Waals surface area contributed by atoms with Crippen LogP contribution >= 0.6 is 27.5 Å². The highest BCUT2D eigenvalue weighted by Gasteiger charge is 2.20. The fraction of sp³-hybridized carbons (Fsp3) is 0.231. The van der Waals surface area contributed by atoms with Gasteiger partial charge in [-0.15, -0.1) is 11.6 Å². The first-order chi connectivity index (χ1) is 8.67. The van der Waals surface area contributed by atoms with Gasteiger partial charge in [0.2, 0.25) is 0 Å². The minimum atomic E-state index is -0.372. The van der Waals surface area contributed by atoms with E-state index in [0.717, 1.165) is 16.9 Å². The first kappa shape index (κ1) is 13.3. The van der Waals surface area contributed by atoms with Crippen LogP contribution in [0.1, 0.15) is 16.5 Å². The van der Waals surface area contributed by atoms with Crippen LogP contribution in [0.15, 0.2) is 39.6 Å². The average molecular weight is 332 g/mol. The van der Waals surface area contributed by atoms with Crippen molar-refractivity contribution in [1.29, 1.82) is 0 Å². The molecular formula is C13H12BrClO3. The molecular weight excluding hydrogens is 319 g/mol. The Bertz CT molecular complexity index is 539. The molecule has 1 unspecified atom stereocenters. The van der Waals surface area contributed by atoms with E-state index in [0.29, 0.717) is 10.4 Å². The highest BCUT2D eigenvalue weighted by atomic mass is 79.9. The summed E-state index contributed by atoms with van der Waals surface area (Å²) >= 11 is 9.79. The van der Waals surface area contributed by atoms with Gasteiger partial charge in [-0.1, -0.05) is 0 Å². The minimum absolute atomic E-state index is 0.372. The van der Waals surface area contributed by atoms with E-state index in [1.807, 2.05) is 24.3 Å². The fourth-order valence-corrected chi connectivity index (χ4v) is 2.63. The van der Waals surface area contributed by atoms with Crippen LogP contribution in [0.2, 0.25) is 0 Å². The molecule has 0 aliphatic rings. The molecule has 2 rings (SSSR count). The molecule has 96 valence electrons. The lowest BCUT2D eigenvalue weighted by Crippen LogP contribution is -1.98. The summed E-state index contributed by atoms with van der Waals surface area (Å²) in [5.41, 5.74) is 1.68. The molecule has 0 saturated heterocycles. The molecule has 1 aromatic heterocycles. The summed E-state index contributed by atoms with van der Waals surface area (Å²) < 4.78 is 16.3. The maximum atomic E-state index is 6.47. The Balaban J connectivity index is 2.45. The molecule has 0 spiro atoms. The van der Waals surface area contributed by atoms with E-state index in [1.165, 1.54) is 0 Å². The molecule has 0 saturated carbocycles. The molecule has 3 nitrogen and oxygen atoms in total. The number of alkyl halides is 1. The molecule has 0 radical (unpaired) electrons. The molecule has 5 heteroatoms. The van der Waals surface area contributed by atoms with Crippen LogP contribution in [-0.2, 0) is 0 Å². The van der Waals surface area contributed by atoms with Gasteiger partial charge in [-0.05, 0) is 40.2 Å². The molecule has 0 aliphatic carbocycles. The highest BCUT2D eigenvalue weighted by Crippen LogP contribution is 2.40. The number of benzene rings is 1. The Morgan fingerprint density at radius 1 is 1.17 bits per heavy atom. The van der Waals surface area contributed by atoms with Gasteiger partial charge in [0, 0.05) is 11.1 Å². The van der Waals surface area contributed by atoms with Gasteiger partial charge in [0.25, 0.3) is 0 Å². The van der Waals surface area contributed by atoms with Crippen LogP contribution in [0.4, 0.5) is 0 Å². The van der Waals surface area contributed by atoms with Gasteiger partial charge in [-0.2, -0.15) is 0 Å². The van der Waals surface area contributed by atoms with Gasteiger partial charge < -0.3 is 13.9 Å². The van der Waals surface area contributed by atoms with E-state index >= 15 is 0 Å². The molecule has 18 heavy (non-hydrogen) atoms. The van der Waals surface area contributed by atoms with Crippen molar-refractivity contribution in [3.63, 3.8) is 0 Å². The van der Waals surface area contributed by atoms with Crippen molar-refractivity contribution in [3.8, 4) is 11.5 Å². The SMILES string of the molecule is COc1ccc(OC)c(C(Cl)c2ccoc2Br)c1. The molecule has 1 heterocycles. The standard InChI is InChI=1S/C13H12BrClO3/c1-16-8-3-4-11(17-2)10(7-8)12(15)9-5-6-18-13(9)14/h3-7,12H,1-2H3. The van der Waals surface area contributed by atoms with Gasteiger partial charge in [0.05, 0.1) is 25.9 Å². The summed E-state index contributed by atoms with van der Waals surface area (Å²) in [6, 6.07) is 7.34. The molecule has 1 atom stereocenters. The van der Waals surface area contributed by atoms with Gasteiger partial charge >= 0.3 is 0 Å². The maximum absolute atomic E-state index is 6.47. The van der Waals surface area contributed by atoms with Gasteiger partial charge in [-0.25, -0.2) is 0 Å². The Labute approximate surface area is 119 Å². The lowest BCUT2D eigenvalue weighted by Gasteiger charge is -2.14. The second-order valence-corrected chi connectivity index (χ2v) is 4.78. The minimum Gasteiger partial charge on any atom is -0.497 e. The van der Waals surface area contributed by atoms with Crippen LogP contribution in [0, 0.1) is 0 Å². The third kappa shape index (κ3) is 2.49. The molecule has 2 aromatic rings. The van der Waals surface area contributed by atoms with Crippen LogP contribution in [0.5, 0.6) is 11.5 Å². The molecule has 0 aliphatic heterocycles. The van der Waals surface area contributed by atoms with E-state index in [4.69, 9.17) is 25.5 Å². The number of rotatable bonds is 4. The Kier molecular flexibility index (Phi) is 4.19. The smallest absolute Gasteiger partial charge is 0.173 e. The topological polar surface area (TPSA) is 31.6 Å². The number of furan rings is 1. The summed E-state index contributed by atoms with van der Waals surface area (Å²) in [5, 5.41) is -0.372. The zero-order chi connectivity index (χ0) is 13.1. The molecule has 0 amide bonds. The van der Waals surface area contributed by atoms with Crippen LogP contribution in [0.3, 0.4) is 0 Å². The monoisotopic (exact) mass is 330 g/mol. The lowest BCUT2D eigenvalue weighted by atomic mass is 10.1. The van der Waals surface area contributed by atoms with Crippen LogP contribution in [0.25, 0.3) is 0 Å². The van der Waals surface area contributed by atoms with Crippen molar-refractivity contribution in [2.24, 2.45) is 0 Å². The van der Waals surface area contributed by atoms with Crippen LogP contribution in [-0.4, -0.2) is 14.2 Å². The quantitative estimate of drug-likeness (QED) is 0.779. The van der Waals surface area contributed by atoms with Crippen molar-refractivity contribution >= 4 is 27.5 Å². The van der Waals surface area contributed by atoms with E-state index in [9.17, 15) is 0 Å². The molecule has 0 fully saturated rings. The first-order valence-corrected chi connectivity index (χ1v) is 6.49. The second kappa shape index (κ2) is 5.67. The average Bonchev–Trinajstić information content (AvgIpc) is 2.83. The number of ether oxygens (including phenoxy) is 2. The number of methoxy groups -OCH3 is 2.